The van der Waals surface area contributed by atoms with Crippen LogP contribution in [0.15, 0.2) is 65.9 Å². The van der Waals surface area contributed by atoms with Gasteiger partial charge in [0.25, 0.3) is 11.6 Å². The molecule has 1 aliphatic rings. The molecule has 0 aliphatic carbocycles. The maximum atomic E-state index is 12.6. The van der Waals surface area contributed by atoms with E-state index in [0.717, 1.165) is 0 Å². The zero-order valence-corrected chi connectivity index (χ0v) is 13.2. The van der Waals surface area contributed by atoms with Crippen LogP contribution >= 0.6 is 0 Å². The Hall–Kier alpha value is -3.48. The van der Waals surface area contributed by atoms with E-state index in [1.165, 1.54) is 30.0 Å². The molecule has 7 nitrogen and oxygen atoms in total. The Morgan fingerprint density at radius 1 is 1.12 bits per heavy atom. The molecule has 0 aromatic heterocycles. The lowest BCUT2D eigenvalue weighted by molar-refractivity contribution is -0.385. The van der Waals surface area contributed by atoms with Crippen LogP contribution in [0.2, 0.25) is 0 Å². The second kappa shape index (κ2) is 6.20. The van der Waals surface area contributed by atoms with Gasteiger partial charge in [-0.05, 0) is 25.1 Å². The van der Waals surface area contributed by atoms with Crippen LogP contribution in [-0.4, -0.2) is 21.7 Å². The monoisotopic (exact) mass is 338 g/mol. The maximum Gasteiger partial charge on any atom is 0.294 e. The van der Waals surface area contributed by atoms with Gasteiger partial charge in [-0.15, -0.1) is 0 Å². The third kappa shape index (κ3) is 2.65. The standard InChI is InChI=1S/C18H14N2O5/c1-11(21)15-16(13-9-5-6-10-14(13)20(24)25)19(18(23)17(15)22)12-7-3-2-4-8-12/h2-10,16,22H,1H3. The van der Waals surface area contributed by atoms with Crippen molar-refractivity contribution in [2.75, 3.05) is 4.90 Å². The van der Waals surface area contributed by atoms with E-state index in [0.29, 0.717) is 5.69 Å². The lowest BCUT2D eigenvalue weighted by Gasteiger charge is -2.26. The maximum absolute atomic E-state index is 12.6. The van der Waals surface area contributed by atoms with Gasteiger partial charge in [0.1, 0.15) is 6.04 Å². The molecule has 0 spiro atoms. The molecule has 1 unspecified atom stereocenters. The molecule has 1 aliphatic heterocycles. The molecule has 1 amide bonds. The van der Waals surface area contributed by atoms with Gasteiger partial charge in [-0.2, -0.15) is 0 Å². The summed E-state index contributed by atoms with van der Waals surface area (Å²) < 4.78 is 0. The van der Waals surface area contributed by atoms with Crippen LogP contribution in [0.5, 0.6) is 0 Å². The second-order valence-corrected chi connectivity index (χ2v) is 5.55. The summed E-state index contributed by atoms with van der Waals surface area (Å²) in [7, 11) is 0. The first kappa shape index (κ1) is 16.4. The number of nitro groups is 1. The molecule has 1 heterocycles. The highest BCUT2D eigenvalue weighted by molar-refractivity contribution is 6.16. The molecule has 25 heavy (non-hydrogen) atoms. The van der Waals surface area contributed by atoms with E-state index >= 15 is 0 Å². The summed E-state index contributed by atoms with van der Waals surface area (Å²) in [5.74, 6) is -1.97. The predicted octanol–water partition coefficient (Wildman–Crippen LogP) is 3.08. The summed E-state index contributed by atoms with van der Waals surface area (Å²) in [6.45, 7) is 1.22. The van der Waals surface area contributed by atoms with Crippen LogP contribution < -0.4 is 4.90 Å². The number of carbonyl (C=O) groups excluding carboxylic acids is 2. The van der Waals surface area contributed by atoms with Crippen molar-refractivity contribution in [3.8, 4) is 0 Å². The zero-order valence-electron chi connectivity index (χ0n) is 13.2. The lowest BCUT2D eigenvalue weighted by atomic mass is 9.95. The van der Waals surface area contributed by atoms with Gasteiger partial charge >= 0.3 is 0 Å². The van der Waals surface area contributed by atoms with E-state index in [4.69, 9.17) is 0 Å². The van der Waals surface area contributed by atoms with Crippen LogP contribution in [0.25, 0.3) is 0 Å². The number of benzene rings is 2. The summed E-state index contributed by atoms with van der Waals surface area (Å²) in [5.41, 5.74) is 0.218. The number of anilines is 1. The molecular formula is C18H14N2O5. The Kier molecular flexibility index (Phi) is 4.06. The molecule has 1 N–H and O–H groups in total. The SMILES string of the molecule is CC(=O)C1=C(O)C(=O)N(c2ccccc2)C1c1ccccc1[N+](=O)[O-]. The number of hydrogen-bond donors (Lipinski definition) is 1. The van der Waals surface area contributed by atoms with Crippen LogP contribution in [0, 0.1) is 10.1 Å². The van der Waals surface area contributed by atoms with E-state index < -0.39 is 28.4 Å². The molecule has 1 atom stereocenters. The Balaban J connectivity index is 2.26. The number of amides is 1. The number of rotatable bonds is 4. The van der Waals surface area contributed by atoms with Gasteiger partial charge in [0.15, 0.2) is 11.5 Å². The van der Waals surface area contributed by atoms with Crippen LogP contribution in [0.1, 0.15) is 18.5 Å². The van der Waals surface area contributed by atoms with E-state index in [-0.39, 0.29) is 16.8 Å². The number of nitro benzene ring substituents is 1. The Bertz CT molecular complexity index is 905. The summed E-state index contributed by atoms with van der Waals surface area (Å²) in [4.78, 5) is 36.7. The molecule has 3 rings (SSSR count). The normalized spacial score (nSPS) is 17.1. The minimum atomic E-state index is -1.06. The summed E-state index contributed by atoms with van der Waals surface area (Å²) in [5, 5.41) is 21.6. The molecule has 0 saturated carbocycles. The van der Waals surface area contributed by atoms with Gasteiger partial charge < -0.3 is 5.11 Å². The molecule has 2 aromatic rings. The third-order valence-electron chi connectivity index (χ3n) is 4.05. The van der Waals surface area contributed by atoms with Crippen molar-refractivity contribution in [3.05, 3.63) is 81.6 Å². The van der Waals surface area contributed by atoms with E-state index in [1.54, 1.807) is 36.4 Å². The largest absolute Gasteiger partial charge is 0.503 e. The van der Waals surface area contributed by atoms with Gasteiger partial charge in [-0.25, -0.2) is 0 Å². The van der Waals surface area contributed by atoms with Gasteiger partial charge in [0.05, 0.1) is 16.1 Å². The first-order valence-electron chi connectivity index (χ1n) is 7.49. The number of aliphatic hydroxyl groups excluding tert-OH is 1. The van der Waals surface area contributed by atoms with Crippen molar-refractivity contribution in [2.45, 2.75) is 13.0 Å². The number of nitrogens with zero attached hydrogens (tertiary/aromatic N) is 2. The van der Waals surface area contributed by atoms with Crippen LogP contribution in [-0.2, 0) is 9.59 Å². The van der Waals surface area contributed by atoms with Gasteiger partial charge in [-0.3, -0.25) is 24.6 Å². The number of hydrogen-bond acceptors (Lipinski definition) is 5. The molecule has 126 valence electrons. The summed E-state index contributed by atoms with van der Waals surface area (Å²) >= 11 is 0. The van der Waals surface area contributed by atoms with Crippen molar-refractivity contribution in [1.82, 2.24) is 0 Å². The highest BCUT2D eigenvalue weighted by Crippen LogP contribution is 2.43. The Morgan fingerprint density at radius 2 is 1.72 bits per heavy atom. The highest BCUT2D eigenvalue weighted by atomic mass is 16.6. The fourth-order valence-corrected chi connectivity index (χ4v) is 3.00. The minimum absolute atomic E-state index is 0.150. The number of Topliss-reactive ketones (excluding diaryl/α,β-unsaturated/α-hetero) is 1. The average Bonchev–Trinajstić information content (AvgIpc) is 2.87. The zero-order chi connectivity index (χ0) is 18.1. The Labute approximate surface area is 143 Å². The minimum Gasteiger partial charge on any atom is -0.503 e. The lowest BCUT2D eigenvalue weighted by Crippen LogP contribution is -2.31. The first-order valence-corrected chi connectivity index (χ1v) is 7.49. The fourth-order valence-electron chi connectivity index (χ4n) is 3.00. The smallest absolute Gasteiger partial charge is 0.294 e. The van der Waals surface area contributed by atoms with Crippen molar-refractivity contribution < 1.29 is 19.6 Å². The van der Waals surface area contributed by atoms with Gasteiger partial charge in [0, 0.05) is 11.8 Å². The van der Waals surface area contributed by atoms with Crippen molar-refractivity contribution >= 4 is 23.1 Å². The van der Waals surface area contributed by atoms with Crippen molar-refractivity contribution in [3.63, 3.8) is 0 Å². The first-order chi connectivity index (χ1) is 11.9. The highest BCUT2D eigenvalue weighted by Gasteiger charge is 2.45. The molecule has 0 radical (unpaired) electrons. The van der Waals surface area contributed by atoms with E-state index in [9.17, 15) is 24.8 Å². The van der Waals surface area contributed by atoms with Crippen molar-refractivity contribution in [1.29, 1.82) is 0 Å². The number of aliphatic hydroxyl groups is 1. The summed E-state index contributed by atoms with van der Waals surface area (Å²) in [6.07, 6.45) is 0. The molecule has 0 bridgehead atoms. The second-order valence-electron chi connectivity index (χ2n) is 5.55. The fraction of sp³-hybridized carbons (Fsp3) is 0.111. The van der Waals surface area contributed by atoms with Crippen LogP contribution in [0.4, 0.5) is 11.4 Å². The average molecular weight is 338 g/mol. The molecule has 0 fully saturated rings. The third-order valence-corrected chi connectivity index (χ3v) is 4.05. The molecule has 2 aromatic carbocycles. The van der Waals surface area contributed by atoms with Gasteiger partial charge in [0.2, 0.25) is 0 Å². The van der Waals surface area contributed by atoms with Gasteiger partial charge in [-0.1, -0.05) is 30.3 Å². The molecular weight excluding hydrogens is 324 g/mol. The molecule has 7 heteroatoms. The Morgan fingerprint density at radius 3 is 2.32 bits per heavy atom. The topological polar surface area (TPSA) is 101 Å². The summed E-state index contributed by atoms with van der Waals surface area (Å²) in [6, 6.07) is 13.2. The van der Waals surface area contributed by atoms with E-state index in [2.05, 4.69) is 0 Å². The predicted molar refractivity (Wildman–Crippen MR) is 90.1 cm³/mol. The quantitative estimate of drug-likeness (QED) is 0.682. The molecule has 0 saturated heterocycles. The number of para-hydroxylation sites is 2. The van der Waals surface area contributed by atoms with E-state index in [1.807, 2.05) is 0 Å². The van der Waals surface area contributed by atoms with Crippen LogP contribution in [0.3, 0.4) is 0 Å². The number of ketones is 1. The van der Waals surface area contributed by atoms with Crippen molar-refractivity contribution in [2.24, 2.45) is 0 Å². The number of carbonyl (C=O) groups is 2.